The molecule has 0 aliphatic carbocycles. The third-order valence-electron chi connectivity index (χ3n) is 1.51. The van der Waals surface area contributed by atoms with E-state index < -0.39 is 0 Å². The third kappa shape index (κ3) is 6.78. The van der Waals surface area contributed by atoms with Crippen LogP contribution in [0, 0.1) is 0 Å². The molecule has 0 heterocycles. The largest absolute Gasteiger partial charge is 0.508 e. The monoisotopic (exact) mass is 236 g/mol. The van der Waals surface area contributed by atoms with Gasteiger partial charge in [-0.25, -0.2) is 0 Å². The number of para-hydroxylation sites is 2. The molecule has 3 heteroatoms. The van der Waals surface area contributed by atoms with Gasteiger partial charge in [-0.2, -0.15) is 0 Å². The maximum Gasteiger partial charge on any atom is 0.115 e. The van der Waals surface area contributed by atoms with Crippen LogP contribution in [0.3, 0.4) is 0 Å². The van der Waals surface area contributed by atoms with Gasteiger partial charge in [0, 0.05) is 21.7 Å². The molecule has 0 atom stereocenters. The Hall–Kier alpha value is -1.25. The summed E-state index contributed by atoms with van der Waals surface area (Å²) < 4.78 is 0. The molecule has 0 saturated heterocycles. The Morgan fingerprint density at radius 2 is 0.800 bits per heavy atom. The Balaban J connectivity index is 0.000000245. The second-order valence-corrected chi connectivity index (χ2v) is 2.67. The van der Waals surface area contributed by atoms with Crippen molar-refractivity contribution in [3.05, 3.63) is 60.7 Å². The van der Waals surface area contributed by atoms with E-state index in [-0.39, 0.29) is 21.7 Å². The third-order valence-corrected chi connectivity index (χ3v) is 1.51. The van der Waals surface area contributed by atoms with Gasteiger partial charge in [0.2, 0.25) is 0 Å². The minimum absolute atomic E-state index is 0. The van der Waals surface area contributed by atoms with Crippen molar-refractivity contribution in [1.82, 2.24) is 0 Å². The Bertz CT molecular complexity index is 311. The van der Waals surface area contributed by atoms with Gasteiger partial charge < -0.3 is 10.2 Å². The summed E-state index contributed by atoms with van der Waals surface area (Å²) in [5.74, 6) is 0.644. The van der Waals surface area contributed by atoms with E-state index in [0.29, 0.717) is 11.5 Å². The molecule has 2 nitrogen and oxygen atoms in total. The van der Waals surface area contributed by atoms with Gasteiger partial charge in [0.05, 0.1) is 0 Å². The molecule has 76 valence electrons. The van der Waals surface area contributed by atoms with Crippen LogP contribution >= 0.6 is 0 Å². The predicted octanol–water partition coefficient (Wildman–Crippen LogP) is 2.78. The number of hydrogen-bond acceptors (Lipinski definition) is 2. The van der Waals surface area contributed by atoms with Crippen LogP contribution in [0.15, 0.2) is 60.7 Å². The summed E-state index contributed by atoms with van der Waals surface area (Å²) in [5, 5.41) is 17.3. The Morgan fingerprint density at radius 3 is 0.933 bits per heavy atom. The molecule has 0 aromatic heterocycles. The normalized spacial score (nSPS) is 8.00. The van der Waals surface area contributed by atoms with Crippen molar-refractivity contribution in [2.24, 2.45) is 0 Å². The molecule has 0 bridgehead atoms. The van der Waals surface area contributed by atoms with Crippen LogP contribution in [0.5, 0.6) is 11.5 Å². The first kappa shape index (κ1) is 13.8. The van der Waals surface area contributed by atoms with Crippen LogP contribution in [0.2, 0.25) is 0 Å². The van der Waals surface area contributed by atoms with Crippen molar-refractivity contribution in [2.75, 3.05) is 0 Å². The fourth-order valence-electron chi connectivity index (χ4n) is 0.856. The average molecular weight is 236 g/mol. The van der Waals surface area contributed by atoms with Crippen LogP contribution in [0.25, 0.3) is 0 Å². The summed E-state index contributed by atoms with van der Waals surface area (Å²) in [6.07, 6.45) is 0. The molecular weight excluding hydrogens is 224 g/mol. The topological polar surface area (TPSA) is 40.5 Å². The fraction of sp³-hybridized carbons (Fsp3) is 0. The molecule has 0 aliphatic rings. The summed E-state index contributed by atoms with van der Waals surface area (Å²) in [6.45, 7) is 0. The second-order valence-electron chi connectivity index (χ2n) is 2.67. The van der Waals surface area contributed by atoms with Crippen LogP contribution in [-0.4, -0.2) is 10.2 Å². The van der Waals surface area contributed by atoms with Crippen molar-refractivity contribution >= 4 is 0 Å². The summed E-state index contributed by atoms with van der Waals surface area (Å²) in [4.78, 5) is 0. The maximum atomic E-state index is 8.63. The molecule has 0 amide bonds. The second kappa shape index (κ2) is 8.09. The molecule has 0 radical (unpaired) electrons. The molecule has 0 spiro atoms. The van der Waals surface area contributed by atoms with E-state index in [1.165, 1.54) is 0 Å². The number of phenolic OH excluding ortho intramolecular Hbond substituents is 2. The average Bonchev–Trinajstić information content (AvgIpc) is 2.21. The van der Waals surface area contributed by atoms with Crippen molar-refractivity contribution in [3.8, 4) is 11.5 Å². The Kier molecular flexibility index (Phi) is 7.42. The number of benzene rings is 2. The van der Waals surface area contributed by atoms with Gasteiger partial charge in [-0.1, -0.05) is 36.4 Å². The standard InChI is InChI=1S/2C6H6O.Ti/c2*7-6-4-2-1-3-5-6;/h2*1-5,7H;. The van der Waals surface area contributed by atoms with Crippen LogP contribution in [0.4, 0.5) is 0 Å². The first-order valence-electron chi connectivity index (χ1n) is 4.27. The minimum Gasteiger partial charge on any atom is -0.508 e. The van der Waals surface area contributed by atoms with Gasteiger partial charge >= 0.3 is 0 Å². The van der Waals surface area contributed by atoms with Gasteiger partial charge in [0.25, 0.3) is 0 Å². The van der Waals surface area contributed by atoms with Gasteiger partial charge in [0.1, 0.15) is 11.5 Å². The maximum absolute atomic E-state index is 8.63. The molecule has 0 saturated carbocycles. The predicted molar refractivity (Wildman–Crippen MR) is 56.2 cm³/mol. The van der Waals surface area contributed by atoms with Crippen LogP contribution in [0.1, 0.15) is 0 Å². The van der Waals surface area contributed by atoms with E-state index in [1.54, 1.807) is 48.5 Å². The van der Waals surface area contributed by atoms with E-state index >= 15 is 0 Å². The molecular formula is C12H12O2Ti. The minimum atomic E-state index is 0. The van der Waals surface area contributed by atoms with E-state index in [0.717, 1.165) is 0 Å². The zero-order valence-corrected chi connectivity index (χ0v) is 9.73. The molecule has 2 rings (SSSR count). The number of aromatic hydroxyl groups is 2. The molecule has 15 heavy (non-hydrogen) atoms. The van der Waals surface area contributed by atoms with E-state index in [9.17, 15) is 0 Å². The molecule has 0 aliphatic heterocycles. The smallest absolute Gasteiger partial charge is 0.115 e. The molecule has 2 aromatic carbocycles. The van der Waals surface area contributed by atoms with Gasteiger partial charge in [0.15, 0.2) is 0 Å². The number of hydrogen-bond donors (Lipinski definition) is 2. The van der Waals surface area contributed by atoms with Gasteiger partial charge in [-0.3, -0.25) is 0 Å². The summed E-state index contributed by atoms with van der Waals surface area (Å²) in [6, 6.07) is 17.4. The van der Waals surface area contributed by atoms with E-state index in [4.69, 9.17) is 10.2 Å². The molecule has 2 aromatic rings. The summed E-state index contributed by atoms with van der Waals surface area (Å²) >= 11 is 0. The molecule has 0 fully saturated rings. The van der Waals surface area contributed by atoms with Crippen molar-refractivity contribution in [1.29, 1.82) is 0 Å². The van der Waals surface area contributed by atoms with Crippen molar-refractivity contribution < 1.29 is 31.9 Å². The van der Waals surface area contributed by atoms with Gasteiger partial charge in [-0.15, -0.1) is 0 Å². The summed E-state index contributed by atoms with van der Waals surface area (Å²) in [7, 11) is 0. The zero-order valence-electron chi connectivity index (χ0n) is 8.17. The molecule has 0 unspecified atom stereocenters. The first-order valence-corrected chi connectivity index (χ1v) is 4.27. The van der Waals surface area contributed by atoms with E-state index in [2.05, 4.69) is 0 Å². The number of rotatable bonds is 0. The van der Waals surface area contributed by atoms with Crippen molar-refractivity contribution in [3.63, 3.8) is 0 Å². The summed E-state index contributed by atoms with van der Waals surface area (Å²) in [5.41, 5.74) is 0. The van der Waals surface area contributed by atoms with E-state index in [1.807, 2.05) is 12.1 Å². The SMILES string of the molecule is Oc1ccccc1.Oc1ccccc1.[Ti]. The van der Waals surface area contributed by atoms with Crippen LogP contribution < -0.4 is 0 Å². The Morgan fingerprint density at radius 1 is 0.533 bits per heavy atom. The quantitative estimate of drug-likeness (QED) is 0.690. The first-order chi connectivity index (χ1) is 6.79. The Labute approximate surface area is 104 Å². The number of phenols is 2. The molecule has 2 N–H and O–H groups in total. The fourth-order valence-corrected chi connectivity index (χ4v) is 0.856. The van der Waals surface area contributed by atoms with Crippen molar-refractivity contribution in [2.45, 2.75) is 0 Å². The van der Waals surface area contributed by atoms with Crippen LogP contribution in [-0.2, 0) is 21.7 Å². The van der Waals surface area contributed by atoms with Gasteiger partial charge in [-0.05, 0) is 24.3 Å². The zero-order chi connectivity index (χ0) is 10.2.